The predicted octanol–water partition coefficient (Wildman–Crippen LogP) is 3.05. The van der Waals surface area contributed by atoms with Crippen molar-refractivity contribution in [3.05, 3.63) is 60.2 Å². The van der Waals surface area contributed by atoms with E-state index in [1.807, 2.05) is 61.5 Å². The normalized spacial score (nSPS) is 13.3. The minimum Gasteiger partial charge on any atom is -0.492 e. The van der Waals surface area contributed by atoms with Gasteiger partial charge in [-0.05, 0) is 37.1 Å². The van der Waals surface area contributed by atoms with Crippen molar-refractivity contribution in [3.8, 4) is 11.5 Å². The Morgan fingerprint density at radius 1 is 0.958 bits per heavy atom. The van der Waals surface area contributed by atoms with Crippen LogP contribution in [0.1, 0.15) is 19.4 Å². The molecule has 0 aliphatic carbocycles. The fourth-order valence-corrected chi connectivity index (χ4v) is 2.32. The van der Waals surface area contributed by atoms with Crippen LogP contribution < -0.4 is 14.8 Å². The molecule has 0 amide bonds. The number of nitrogens with one attached hydrogen (secondary N) is 1. The van der Waals surface area contributed by atoms with Gasteiger partial charge in [0, 0.05) is 12.6 Å². The lowest BCUT2D eigenvalue weighted by molar-refractivity contribution is 0.101. The van der Waals surface area contributed by atoms with Crippen LogP contribution in [0.15, 0.2) is 54.6 Å². The molecule has 0 saturated carbocycles. The summed E-state index contributed by atoms with van der Waals surface area (Å²) in [5.41, 5.74) is 1.15. The maximum atomic E-state index is 10.1. The molecule has 0 fully saturated rings. The third-order valence-corrected chi connectivity index (χ3v) is 3.73. The van der Waals surface area contributed by atoms with Crippen molar-refractivity contribution in [2.24, 2.45) is 0 Å². The molecule has 2 N–H and O–H groups in total. The Hall–Kier alpha value is -2.04. The van der Waals surface area contributed by atoms with Crippen molar-refractivity contribution in [1.82, 2.24) is 5.32 Å². The summed E-state index contributed by atoms with van der Waals surface area (Å²) in [5, 5.41) is 13.3. The molecule has 0 aliphatic heterocycles. The summed E-state index contributed by atoms with van der Waals surface area (Å²) >= 11 is 0. The van der Waals surface area contributed by atoms with Crippen LogP contribution in [-0.4, -0.2) is 37.0 Å². The van der Waals surface area contributed by atoms with Gasteiger partial charge in [-0.2, -0.15) is 0 Å². The van der Waals surface area contributed by atoms with Gasteiger partial charge in [-0.3, -0.25) is 0 Å². The predicted molar refractivity (Wildman–Crippen MR) is 96.7 cm³/mol. The molecule has 0 aliphatic rings. The zero-order chi connectivity index (χ0) is 17.2. The highest BCUT2D eigenvalue weighted by molar-refractivity contribution is 5.33. The van der Waals surface area contributed by atoms with E-state index in [1.54, 1.807) is 0 Å². The Bertz CT molecular complexity index is 588. The molecule has 2 rings (SSSR count). The fourth-order valence-electron chi connectivity index (χ4n) is 2.32. The molecule has 0 radical (unpaired) electrons. The topological polar surface area (TPSA) is 50.7 Å². The first-order chi connectivity index (χ1) is 11.7. The number of para-hydroxylation sites is 2. The van der Waals surface area contributed by atoms with E-state index in [2.05, 4.69) is 12.2 Å². The second-order valence-corrected chi connectivity index (χ2v) is 5.86. The van der Waals surface area contributed by atoms with E-state index in [-0.39, 0.29) is 12.6 Å². The quantitative estimate of drug-likeness (QED) is 0.703. The summed E-state index contributed by atoms with van der Waals surface area (Å²) < 4.78 is 11.4. The monoisotopic (exact) mass is 329 g/mol. The van der Waals surface area contributed by atoms with Gasteiger partial charge >= 0.3 is 0 Å². The molecule has 130 valence electrons. The standard InChI is InChI=1S/C20H27NO3/c1-3-17-9-7-8-12-20(17)24-15-18(22)13-21-16(2)14-23-19-10-5-4-6-11-19/h4-12,16,18,21-22H,3,13-15H2,1-2H3/t16-,18-/m1/s1. The summed E-state index contributed by atoms with van der Waals surface area (Å²) in [6, 6.07) is 17.8. The first-order valence-corrected chi connectivity index (χ1v) is 8.49. The number of ether oxygens (including phenoxy) is 2. The van der Waals surface area contributed by atoms with Gasteiger partial charge in [-0.1, -0.05) is 43.3 Å². The highest BCUT2D eigenvalue weighted by atomic mass is 16.5. The number of rotatable bonds is 10. The van der Waals surface area contributed by atoms with Crippen molar-refractivity contribution in [3.63, 3.8) is 0 Å². The number of benzene rings is 2. The molecular formula is C20H27NO3. The molecule has 0 bridgehead atoms. The number of aliphatic hydroxyl groups excluding tert-OH is 1. The minimum atomic E-state index is -0.561. The third-order valence-electron chi connectivity index (χ3n) is 3.73. The zero-order valence-electron chi connectivity index (χ0n) is 14.4. The molecular weight excluding hydrogens is 302 g/mol. The van der Waals surface area contributed by atoms with Crippen LogP contribution in [0.3, 0.4) is 0 Å². The number of aliphatic hydroxyl groups is 1. The van der Waals surface area contributed by atoms with E-state index in [0.717, 1.165) is 23.5 Å². The Morgan fingerprint density at radius 2 is 1.67 bits per heavy atom. The van der Waals surface area contributed by atoms with Gasteiger partial charge in [0.1, 0.15) is 30.8 Å². The van der Waals surface area contributed by atoms with Crippen molar-refractivity contribution < 1.29 is 14.6 Å². The Balaban J connectivity index is 1.66. The summed E-state index contributed by atoms with van der Waals surface area (Å²) in [4.78, 5) is 0. The summed E-state index contributed by atoms with van der Waals surface area (Å²) in [6.45, 7) is 5.41. The average Bonchev–Trinajstić information content (AvgIpc) is 2.64. The van der Waals surface area contributed by atoms with Crippen LogP contribution in [0, 0.1) is 0 Å². The Kier molecular flexibility index (Phi) is 7.59. The van der Waals surface area contributed by atoms with Crippen molar-refractivity contribution in [1.29, 1.82) is 0 Å². The van der Waals surface area contributed by atoms with Crippen LogP contribution in [-0.2, 0) is 6.42 Å². The van der Waals surface area contributed by atoms with Gasteiger partial charge in [-0.25, -0.2) is 0 Å². The first-order valence-electron chi connectivity index (χ1n) is 8.49. The molecule has 0 saturated heterocycles. The van der Waals surface area contributed by atoms with E-state index >= 15 is 0 Å². The first kappa shape index (κ1) is 18.3. The summed E-state index contributed by atoms with van der Waals surface area (Å²) in [5.74, 6) is 1.70. The van der Waals surface area contributed by atoms with Crippen LogP contribution >= 0.6 is 0 Å². The molecule has 0 aromatic heterocycles. The second-order valence-electron chi connectivity index (χ2n) is 5.86. The van der Waals surface area contributed by atoms with Crippen LogP contribution in [0.2, 0.25) is 0 Å². The molecule has 2 aromatic carbocycles. The van der Waals surface area contributed by atoms with E-state index in [9.17, 15) is 5.11 Å². The van der Waals surface area contributed by atoms with E-state index in [4.69, 9.17) is 9.47 Å². The Labute approximate surface area is 144 Å². The zero-order valence-corrected chi connectivity index (χ0v) is 14.4. The maximum Gasteiger partial charge on any atom is 0.122 e. The summed E-state index contributed by atoms with van der Waals surface area (Å²) in [6.07, 6.45) is 0.354. The minimum absolute atomic E-state index is 0.141. The average molecular weight is 329 g/mol. The SMILES string of the molecule is CCc1ccccc1OC[C@H](O)CN[C@H](C)COc1ccccc1. The smallest absolute Gasteiger partial charge is 0.122 e. The largest absolute Gasteiger partial charge is 0.492 e. The van der Waals surface area contributed by atoms with Crippen molar-refractivity contribution in [2.45, 2.75) is 32.4 Å². The molecule has 2 aromatic rings. The lowest BCUT2D eigenvalue weighted by Gasteiger charge is -2.18. The third kappa shape index (κ3) is 6.22. The van der Waals surface area contributed by atoms with Gasteiger partial charge in [0.15, 0.2) is 0 Å². The van der Waals surface area contributed by atoms with Crippen LogP contribution in [0.25, 0.3) is 0 Å². The van der Waals surface area contributed by atoms with Gasteiger partial charge < -0.3 is 19.9 Å². The van der Waals surface area contributed by atoms with Gasteiger partial charge in [0.25, 0.3) is 0 Å². The second kappa shape index (κ2) is 9.96. The van der Waals surface area contributed by atoms with Gasteiger partial charge in [0.05, 0.1) is 0 Å². The highest BCUT2D eigenvalue weighted by Crippen LogP contribution is 2.18. The van der Waals surface area contributed by atoms with E-state index < -0.39 is 6.10 Å². The number of hydrogen-bond donors (Lipinski definition) is 2. The van der Waals surface area contributed by atoms with Crippen molar-refractivity contribution in [2.75, 3.05) is 19.8 Å². The highest BCUT2D eigenvalue weighted by Gasteiger charge is 2.10. The van der Waals surface area contributed by atoms with Crippen LogP contribution in [0.5, 0.6) is 11.5 Å². The molecule has 4 nitrogen and oxygen atoms in total. The lowest BCUT2D eigenvalue weighted by Crippen LogP contribution is -2.39. The number of aryl methyl sites for hydroxylation is 1. The van der Waals surface area contributed by atoms with Gasteiger partial charge in [0.2, 0.25) is 0 Å². The van der Waals surface area contributed by atoms with Crippen molar-refractivity contribution >= 4 is 0 Å². The lowest BCUT2D eigenvalue weighted by atomic mass is 10.1. The van der Waals surface area contributed by atoms with E-state index in [1.165, 1.54) is 0 Å². The van der Waals surface area contributed by atoms with E-state index in [0.29, 0.717) is 13.2 Å². The van der Waals surface area contributed by atoms with Crippen LogP contribution in [0.4, 0.5) is 0 Å². The molecule has 2 atom stereocenters. The maximum absolute atomic E-state index is 10.1. The molecule has 0 heterocycles. The van der Waals surface area contributed by atoms with Gasteiger partial charge in [-0.15, -0.1) is 0 Å². The summed E-state index contributed by atoms with van der Waals surface area (Å²) in [7, 11) is 0. The molecule has 24 heavy (non-hydrogen) atoms. The molecule has 4 heteroatoms. The molecule has 0 unspecified atom stereocenters. The Morgan fingerprint density at radius 3 is 2.42 bits per heavy atom. The molecule has 0 spiro atoms. The fraction of sp³-hybridized carbons (Fsp3) is 0.400. The number of hydrogen-bond acceptors (Lipinski definition) is 4.